The summed E-state index contributed by atoms with van der Waals surface area (Å²) in [4.78, 5) is 0. The average molecular weight is 401 g/mol. The third kappa shape index (κ3) is 4.45. The molecule has 0 heterocycles. The van der Waals surface area contributed by atoms with Gasteiger partial charge in [0, 0.05) is 26.2 Å². The van der Waals surface area contributed by atoms with Crippen molar-refractivity contribution in [2.24, 2.45) is 0 Å². The van der Waals surface area contributed by atoms with Gasteiger partial charge in [-0.3, -0.25) is 0 Å². The Morgan fingerprint density at radius 2 is 1.04 bits per heavy atom. The summed E-state index contributed by atoms with van der Waals surface area (Å²) in [5.41, 5.74) is -0.374. The Kier molecular flexibility index (Phi) is 5.26. The molecule has 0 saturated heterocycles. The Bertz CT molecular complexity index is 778. The van der Waals surface area contributed by atoms with Crippen molar-refractivity contribution in [3.05, 3.63) is 42.5 Å². The Labute approximate surface area is 163 Å². The molecule has 126 valence electrons. The molecule has 0 saturated carbocycles. The van der Waals surface area contributed by atoms with Crippen molar-refractivity contribution >= 4 is 21.5 Å². The molecule has 2 nitrogen and oxygen atoms in total. The number of rotatable bonds is 2. The first-order valence-corrected chi connectivity index (χ1v) is 8.12. The SMILES string of the molecule is CC(C)(C)Oc1ccc2c(c1)[cH-]c1cc(OC(C)(C)C)ccc12.[Zr]. The number of hydrogen-bond acceptors (Lipinski definition) is 2. The van der Waals surface area contributed by atoms with Gasteiger partial charge in [0.25, 0.3) is 0 Å². The fourth-order valence-electron chi connectivity index (χ4n) is 2.81. The molecule has 0 radical (unpaired) electrons. The van der Waals surface area contributed by atoms with E-state index in [1.165, 1.54) is 21.5 Å². The van der Waals surface area contributed by atoms with Gasteiger partial charge in [-0.15, -0.1) is 27.6 Å². The average Bonchev–Trinajstić information content (AvgIpc) is 2.71. The third-order valence-corrected chi connectivity index (χ3v) is 3.50. The van der Waals surface area contributed by atoms with Crippen LogP contribution < -0.4 is 9.47 Å². The molecule has 0 aliphatic rings. The fraction of sp³-hybridized carbons (Fsp3) is 0.381. The molecule has 3 aromatic carbocycles. The summed E-state index contributed by atoms with van der Waals surface area (Å²) in [7, 11) is 0. The van der Waals surface area contributed by atoms with Gasteiger partial charge in [0.2, 0.25) is 0 Å². The Morgan fingerprint density at radius 1 is 0.667 bits per heavy atom. The first-order chi connectivity index (χ1) is 10.6. The van der Waals surface area contributed by atoms with E-state index < -0.39 is 0 Å². The maximum atomic E-state index is 5.97. The summed E-state index contributed by atoms with van der Waals surface area (Å²) in [6.45, 7) is 12.4. The summed E-state index contributed by atoms with van der Waals surface area (Å²) in [6.07, 6.45) is 0. The van der Waals surface area contributed by atoms with E-state index in [0.29, 0.717) is 0 Å². The topological polar surface area (TPSA) is 18.5 Å². The minimum absolute atomic E-state index is 0. The fourth-order valence-corrected chi connectivity index (χ4v) is 2.81. The maximum Gasteiger partial charge on any atom is 0.0997 e. The predicted octanol–water partition coefficient (Wildman–Crippen LogP) is 6.06. The van der Waals surface area contributed by atoms with Crippen LogP contribution in [0, 0.1) is 0 Å². The minimum atomic E-state index is -0.187. The van der Waals surface area contributed by atoms with Gasteiger partial charge in [0.15, 0.2) is 0 Å². The number of fused-ring (bicyclic) bond motifs is 3. The molecular weight excluding hydrogens is 375 g/mol. The van der Waals surface area contributed by atoms with Crippen molar-refractivity contribution in [1.29, 1.82) is 0 Å². The van der Waals surface area contributed by atoms with E-state index in [4.69, 9.17) is 9.47 Å². The van der Waals surface area contributed by atoms with Gasteiger partial charge in [-0.2, -0.15) is 0 Å². The molecule has 0 bridgehead atoms. The first kappa shape index (κ1) is 19.1. The monoisotopic (exact) mass is 399 g/mol. The van der Waals surface area contributed by atoms with Crippen LogP contribution in [-0.2, 0) is 26.2 Å². The van der Waals surface area contributed by atoms with E-state index in [1.807, 2.05) is 12.1 Å². The number of hydrogen-bond donors (Lipinski definition) is 0. The molecule has 3 rings (SSSR count). The van der Waals surface area contributed by atoms with E-state index >= 15 is 0 Å². The number of benzene rings is 2. The molecule has 3 aromatic rings. The molecule has 0 N–H and O–H groups in total. The van der Waals surface area contributed by atoms with Gasteiger partial charge in [0.05, 0.1) is 22.7 Å². The number of ether oxygens (including phenoxy) is 2. The van der Waals surface area contributed by atoms with Crippen LogP contribution in [0.1, 0.15) is 41.5 Å². The van der Waals surface area contributed by atoms with Crippen molar-refractivity contribution in [3.63, 3.8) is 0 Å². The van der Waals surface area contributed by atoms with E-state index in [1.54, 1.807) is 0 Å². The smallest absolute Gasteiger partial charge is 0.0997 e. The normalized spacial score (nSPS) is 12.2. The van der Waals surface area contributed by atoms with Crippen molar-refractivity contribution in [2.75, 3.05) is 0 Å². The molecule has 0 aliphatic heterocycles. The van der Waals surface area contributed by atoms with Crippen LogP contribution >= 0.6 is 0 Å². The third-order valence-electron chi connectivity index (χ3n) is 3.50. The van der Waals surface area contributed by atoms with Gasteiger partial charge in [-0.25, -0.2) is 0 Å². The summed E-state index contributed by atoms with van der Waals surface area (Å²) in [5, 5.41) is 4.91. The standard InChI is InChI=1S/C21H25O2.Zr/c1-20(2,3)22-16-7-9-18-14(12-16)11-15-13-17(8-10-19(15)18)23-21(4,5)6;/h7-13H,1-6H3;/q-1;. The first-order valence-electron chi connectivity index (χ1n) is 8.12. The molecule has 3 heteroatoms. The van der Waals surface area contributed by atoms with Crippen LogP contribution in [0.3, 0.4) is 0 Å². The van der Waals surface area contributed by atoms with Crippen LogP contribution in [0.15, 0.2) is 42.5 Å². The summed E-state index contributed by atoms with van der Waals surface area (Å²) >= 11 is 0. The maximum absolute atomic E-state index is 5.97. The minimum Gasteiger partial charge on any atom is -0.496 e. The van der Waals surface area contributed by atoms with Crippen LogP contribution in [-0.4, -0.2) is 11.2 Å². The van der Waals surface area contributed by atoms with Crippen molar-refractivity contribution in [1.82, 2.24) is 0 Å². The molecule has 0 aliphatic carbocycles. The second-order valence-corrected chi connectivity index (χ2v) is 8.07. The predicted molar refractivity (Wildman–Crippen MR) is 97.8 cm³/mol. The van der Waals surface area contributed by atoms with Gasteiger partial charge in [0.1, 0.15) is 0 Å². The van der Waals surface area contributed by atoms with Gasteiger partial charge in [-0.05, 0) is 53.7 Å². The second kappa shape index (κ2) is 6.60. The van der Waals surface area contributed by atoms with Crippen molar-refractivity contribution in [2.45, 2.75) is 52.7 Å². The zero-order valence-corrected chi connectivity index (χ0v) is 17.8. The van der Waals surface area contributed by atoms with Crippen LogP contribution in [0.5, 0.6) is 11.5 Å². The largest absolute Gasteiger partial charge is 0.496 e. The van der Waals surface area contributed by atoms with E-state index in [0.717, 1.165) is 11.5 Å². The molecular formula is C21H25O2Zr-. The quantitative estimate of drug-likeness (QED) is 0.486. The Morgan fingerprint density at radius 3 is 1.38 bits per heavy atom. The van der Waals surface area contributed by atoms with Crippen molar-refractivity contribution < 1.29 is 35.7 Å². The zero-order valence-electron chi connectivity index (χ0n) is 15.4. The second-order valence-electron chi connectivity index (χ2n) is 8.07. The zero-order chi connectivity index (χ0) is 16.8. The molecule has 0 aromatic heterocycles. The van der Waals surface area contributed by atoms with E-state index in [9.17, 15) is 0 Å². The van der Waals surface area contributed by atoms with E-state index in [2.05, 4.69) is 71.9 Å². The van der Waals surface area contributed by atoms with Gasteiger partial charge in [-0.1, -0.05) is 24.3 Å². The molecule has 24 heavy (non-hydrogen) atoms. The van der Waals surface area contributed by atoms with Gasteiger partial charge >= 0.3 is 0 Å². The molecule has 0 spiro atoms. The summed E-state index contributed by atoms with van der Waals surface area (Å²) in [5.74, 6) is 1.82. The molecule has 0 amide bonds. The summed E-state index contributed by atoms with van der Waals surface area (Å²) < 4.78 is 11.9. The summed E-state index contributed by atoms with van der Waals surface area (Å²) in [6, 6.07) is 14.8. The van der Waals surface area contributed by atoms with Crippen molar-refractivity contribution in [3.8, 4) is 11.5 Å². The molecule has 0 atom stereocenters. The Balaban J connectivity index is 0.00000208. The van der Waals surface area contributed by atoms with Gasteiger partial charge < -0.3 is 9.47 Å². The Hall–Kier alpha value is -1.21. The van der Waals surface area contributed by atoms with Crippen LogP contribution in [0.4, 0.5) is 0 Å². The molecule has 0 unspecified atom stereocenters. The molecule has 0 fully saturated rings. The van der Waals surface area contributed by atoms with Crippen LogP contribution in [0.25, 0.3) is 21.5 Å². The van der Waals surface area contributed by atoms with E-state index in [-0.39, 0.29) is 37.4 Å². The van der Waals surface area contributed by atoms with Crippen LogP contribution in [0.2, 0.25) is 0 Å².